The minimum atomic E-state index is -0.262. The van der Waals surface area contributed by atoms with E-state index in [0.717, 1.165) is 0 Å². The molecule has 0 aliphatic carbocycles. The second kappa shape index (κ2) is 9.74. The van der Waals surface area contributed by atoms with E-state index in [0.29, 0.717) is 28.0 Å². The zero-order chi connectivity index (χ0) is 20.6. The summed E-state index contributed by atoms with van der Waals surface area (Å²) in [6.45, 7) is 0.000227. The molecule has 0 unspecified atom stereocenters. The second-order valence-corrected chi connectivity index (χ2v) is 6.84. The molecule has 1 amide bonds. The maximum Gasteiger partial charge on any atom is 0.244 e. The summed E-state index contributed by atoms with van der Waals surface area (Å²) in [4.78, 5) is 33.1. The Labute approximate surface area is 171 Å². The molecule has 0 fully saturated rings. The fraction of sp³-hybridized carbons (Fsp3) is 0.200. The van der Waals surface area contributed by atoms with E-state index in [4.69, 9.17) is 9.47 Å². The van der Waals surface area contributed by atoms with Gasteiger partial charge in [-0.3, -0.25) is 9.59 Å². The van der Waals surface area contributed by atoms with Crippen molar-refractivity contribution in [2.45, 2.75) is 17.5 Å². The number of carbonyl (C=O) groups is 1. The van der Waals surface area contributed by atoms with Gasteiger partial charge in [0.2, 0.25) is 11.3 Å². The summed E-state index contributed by atoms with van der Waals surface area (Å²) in [7, 11) is 2.96. The third-order valence-corrected chi connectivity index (χ3v) is 4.90. The molecule has 9 heteroatoms. The summed E-state index contributed by atoms with van der Waals surface area (Å²) in [5.41, 5.74) is 0.975. The summed E-state index contributed by atoms with van der Waals surface area (Å²) in [6.07, 6.45) is 4.83. The molecule has 3 aromatic rings. The van der Waals surface area contributed by atoms with E-state index in [1.54, 1.807) is 42.3 Å². The molecule has 3 rings (SSSR count). The number of para-hydroxylation sites is 2. The Kier molecular flexibility index (Phi) is 6.85. The number of hydrogen-bond donors (Lipinski definition) is 1. The highest BCUT2D eigenvalue weighted by Gasteiger charge is 2.13. The van der Waals surface area contributed by atoms with Gasteiger partial charge >= 0.3 is 0 Å². The third-order valence-electron chi connectivity index (χ3n) is 3.99. The second-order valence-electron chi connectivity index (χ2n) is 5.89. The van der Waals surface area contributed by atoms with Crippen molar-refractivity contribution in [3.63, 3.8) is 0 Å². The number of pyridine rings is 1. The molecule has 2 heterocycles. The van der Waals surface area contributed by atoms with Crippen LogP contribution in [-0.4, -0.2) is 34.7 Å². The van der Waals surface area contributed by atoms with Crippen LogP contribution < -0.4 is 20.2 Å². The Bertz CT molecular complexity index is 1040. The molecule has 1 aromatic carbocycles. The molecule has 8 nitrogen and oxygen atoms in total. The van der Waals surface area contributed by atoms with E-state index in [9.17, 15) is 9.59 Å². The van der Waals surface area contributed by atoms with Crippen LogP contribution in [0.25, 0.3) is 0 Å². The Morgan fingerprint density at radius 2 is 1.83 bits per heavy atom. The predicted octanol–water partition coefficient (Wildman–Crippen LogP) is 2.59. The van der Waals surface area contributed by atoms with Crippen molar-refractivity contribution in [1.82, 2.24) is 14.5 Å². The minimum absolute atomic E-state index is 0.000227. The maximum absolute atomic E-state index is 12.6. The van der Waals surface area contributed by atoms with Crippen LogP contribution in [0.15, 0.2) is 64.9 Å². The van der Waals surface area contributed by atoms with Gasteiger partial charge in [0, 0.05) is 29.9 Å². The van der Waals surface area contributed by atoms with Crippen molar-refractivity contribution in [3.05, 3.63) is 70.9 Å². The SMILES string of the molecule is COc1ccccc1NC(=O)Cn1cc(OC)c(=O)cc1CSc1ncccn1. The van der Waals surface area contributed by atoms with Crippen molar-refractivity contribution in [3.8, 4) is 11.5 Å². The first-order valence-corrected chi connectivity index (χ1v) is 9.69. The highest BCUT2D eigenvalue weighted by molar-refractivity contribution is 7.98. The van der Waals surface area contributed by atoms with Gasteiger partial charge in [-0.05, 0) is 18.2 Å². The average molecular weight is 412 g/mol. The van der Waals surface area contributed by atoms with Crippen molar-refractivity contribution >= 4 is 23.4 Å². The number of methoxy groups -OCH3 is 2. The van der Waals surface area contributed by atoms with Gasteiger partial charge in [-0.1, -0.05) is 23.9 Å². The van der Waals surface area contributed by atoms with Crippen molar-refractivity contribution in [1.29, 1.82) is 0 Å². The van der Waals surface area contributed by atoms with Gasteiger partial charge < -0.3 is 19.4 Å². The monoisotopic (exact) mass is 412 g/mol. The quantitative estimate of drug-likeness (QED) is 0.449. The Morgan fingerprint density at radius 3 is 2.55 bits per heavy atom. The highest BCUT2D eigenvalue weighted by Crippen LogP contribution is 2.23. The minimum Gasteiger partial charge on any atom is -0.495 e. The fourth-order valence-corrected chi connectivity index (χ4v) is 3.41. The molecular weight excluding hydrogens is 392 g/mol. The highest BCUT2D eigenvalue weighted by atomic mass is 32.2. The lowest BCUT2D eigenvalue weighted by Crippen LogP contribution is -2.23. The van der Waals surface area contributed by atoms with Gasteiger partial charge in [-0.25, -0.2) is 9.97 Å². The largest absolute Gasteiger partial charge is 0.495 e. The molecule has 0 bridgehead atoms. The zero-order valence-electron chi connectivity index (χ0n) is 16.0. The lowest BCUT2D eigenvalue weighted by Gasteiger charge is -2.15. The van der Waals surface area contributed by atoms with E-state index in [1.807, 2.05) is 12.1 Å². The first-order valence-electron chi connectivity index (χ1n) is 8.70. The van der Waals surface area contributed by atoms with Gasteiger partial charge in [0.25, 0.3) is 0 Å². The number of nitrogens with one attached hydrogen (secondary N) is 1. The number of ether oxygens (including phenoxy) is 2. The average Bonchev–Trinajstić information content (AvgIpc) is 2.74. The van der Waals surface area contributed by atoms with Gasteiger partial charge in [-0.2, -0.15) is 0 Å². The zero-order valence-corrected chi connectivity index (χ0v) is 16.8. The predicted molar refractivity (Wildman–Crippen MR) is 110 cm³/mol. The summed E-state index contributed by atoms with van der Waals surface area (Å²) >= 11 is 1.37. The molecule has 0 saturated heterocycles. The van der Waals surface area contributed by atoms with Crippen LogP contribution in [0.5, 0.6) is 11.5 Å². The third kappa shape index (κ3) is 5.35. The molecule has 0 radical (unpaired) electrons. The van der Waals surface area contributed by atoms with E-state index in [2.05, 4.69) is 15.3 Å². The standard InChI is InChI=1S/C20H20N4O4S/c1-27-17-7-4-3-6-15(17)23-19(26)12-24-11-18(28-2)16(25)10-14(24)13-29-20-21-8-5-9-22-20/h3-11H,12-13H2,1-2H3,(H,23,26). The van der Waals surface area contributed by atoms with Crippen LogP contribution in [-0.2, 0) is 17.1 Å². The molecule has 2 aromatic heterocycles. The number of nitrogens with zero attached hydrogens (tertiary/aromatic N) is 3. The number of hydrogen-bond acceptors (Lipinski definition) is 7. The first kappa shape index (κ1) is 20.4. The Balaban J connectivity index is 1.80. The van der Waals surface area contributed by atoms with Gasteiger partial charge in [0.1, 0.15) is 12.3 Å². The number of benzene rings is 1. The number of amides is 1. The topological polar surface area (TPSA) is 95.3 Å². The Hall–Kier alpha value is -3.33. The molecule has 0 atom stereocenters. The van der Waals surface area contributed by atoms with Crippen molar-refractivity contribution in [2.75, 3.05) is 19.5 Å². The van der Waals surface area contributed by atoms with Crippen molar-refractivity contribution in [2.24, 2.45) is 0 Å². The number of aromatic nitrogens is 3. The van der Waals surface area contributed by atoms with E-state index in [-0.39, 0.29) is 23.6 Å². The molecule has 0 spiro atoms. The first-order chi connectivity index (χ1) is 14.1. The number of rotatable bonds is 8. The molecule has 0 saturated carbocycles. The van der Waals surface area contributed by atoms with Gasteiger partial charge in [0.05, 0.1) is 26.1 Å². The van der Waals surface area contributed by atoms with Crippen LogP contribution >= 0.6 is 11.8 Å². The summed E-state index contributed by atoms with van der Waals surface area (Å²) in [6, 6.07) is 10.3. The molecule has 150 valence electrons. The lowest BCUT2D eigenvalue weighted by molar-refractivity contribution is -0.116. The van der Waals surface area contributed by atoms with Gasteiger partial charge in [0.15, 0.2) is 10.9 Å². The van der Waals surface area contributed by atoms with Crippen molar-refractivity contribution < 1.29 is 14.3 Å². The number of anilines is 1. The number of thioether (sulfide) groups is 1. The smallest absolute Gasteiger partial charge is 0.244 e. The van der Waals surface area contributed by atoms with Crippen LogP contribution in [0.4, 0.5) is 5.69 Å². The van der Waals surface area contributed by atoms with E-state index >= 15 is 0 Å². The summed E-state index contributed by atoms with van der Waals surface area (Å²) in [5.74, 6) is 0.892. The van der Waals surface area contributed by atoms with Gasteiger partial charge in [-0.15, -0.1) is 0 Å². The summed E-state index contributed by atoms with van der Waals surface area (Å²) < 4.78 is 12.1. The molecule has 1 N–H and O–H groups in total. The normalized spacial score (nSPS) is 10.4. The molecule has 0 aliphatic heterocycles. The molecular formula is C20H20N4O4S. The molecule has 0 aliphatic rings. The van der Waals surface area contributed by atoms with E-state index < -0.39 is 0 Å². The lowest BCUT2D eigenvalue weighted by atomic mass is 10.3. The van der Waals surface area contributed by atoms with E-state index in [1.165, 1.54) is 31.1 Å². The maximum atomic E-state index is 12.6. The number of carbonyl (C=O) groups excluding carboxylic acids is 1. The van der Waals surface area contributed by atoms with Crippen LogP contribution in [0.2, 0.25) is 0 Å². The molecule has 29 heavy (non-hydrogen) atoms. The van der Waals surface area contributed by atoms with Crippen LogP contribution in [0.3, 0.4) is 0 Å². The van der Waals surface area contributed by atoms with Crippen LogP contribution in [0, 0.1) is 0 Å². The van der Waals surface area contributed by atoms with Crippen LogP contribution in [0.1, 0.15) is 5.69 Å². The summed E-state index contributed by atoms with van der Waals surface area (Å²) in [5, 5.41) is 3.41. The fourth-order valence-electron chi connectivity index (χ4n) is 2.61. The Morgan fingerprint density at radius 1 is 1.10 bits per heavy atom.